The largest absolute Gasteiger partial charge is 0.357 e. The number of hydrogen-bond donors (Lipinski definition) is 1. The van der Waals surface area contributed by atoms with Gasteiger partial charge in [0, 0.05) is 37.8 Å². The fourth-order valence-corrected chi connectivity index (χ4v) is 1.89. The van der Waals surface area contributed by atoms with Crippen LogP contribution in [0.25, 0.3) is 0 Å². The summed E-state index contributed by atoms with van der Waals surface area (Å²) in [6.07, 6.45) is 5.23. The van der Waals surface area contributed by atoms with Crippen molar-refractivity contribution in [2.75, 3.05) is 31.6 Å². The Kier molecular flexibility index (Phi) is 3.50. The second kappa shape index (κ2) is 5.07. The van der Waals surface area contributed by atoms with Gasteiger partial charge in [0.15, 0.2) is 0 Å². The molecule has 15 heavy (non-hydrogen) atoms. The van der Waals surface area contributed by atoms with Crippen LogP contribution in [-0.4, -0.2) is 36.6 Å². The monoisotopic (exact) mass is 206 g/mol. The maximum atomic E-state index is 4.32. The standard InChI is InChI=1S/C11H18N4/c1-12-5-4-10-8-11(14-9-13-10)15-6-2-3-7-15/h8-9,12H,2-7H2,1H3. The molecule has 82 valence electrons. The van der Waals surface area contributed by atoms with Gasteiger partial charge in [-0.05, 0) is 19.9 Å². The van der Waals surface area contributed by atoms with Gasteiger partial charge in [0.25, 0.3) is 0 Å². The van der Waals surface area contributed by atoms with Crippen molar-refractivity contribution in [2.45, 2.75) is 19.3 Å². The molecule has 1 aromatic rings. The van der Waals surface area contributed by atoms with Gasteiger partial charge in [0.2, 0.25) is 0 Å². The SMILES string of the molecule is CNCCc1cc(N2CCCC2)ncn1. The Labute approximate surface area is 90.7 Å². The van der Waals surface area contributed by atoms with E-state index in [1.165, 1.54) is 12.8 Å². The van der Waals surface area contributed by atoms with Gasteiger partial charge in [0.05, 0.1) is 0 Å². The van der Waals surface area contributed by atoms with E-state index in [4.69, 9.17) is 0 Å². The lowest BCUT2D eigenvalue weighted by Crippen LogP contribution is -2.19. The molecule has 1 N–H and O–H groups in total. The summed E-state index contributed by atoms with van der Waals surface area (Å²) in [5.74, 6) is 1.09. The third kappa shape index (κ3) is 2.65. The molecule has 0 unspecified atom stereocenters. The fraction of sp³-hybridized carbons (Fsp3) is 0.636. The van der Waals surface area contributed by atoms with Crippen LogP contribution in [0.1, 0.15) is 18.5 Å². The summed E-state index contributed by atoms with van der Waals surface area (Å²) in [5, 5.41) is 3.13. The van der Waals surface area contributed by atoms with Gasteiger partial charge < -0.3 is 10.2 Å². The fourth-order valence-electron chi connectivity index (χ4n) is 1.89. The van der Waals surface area contributed by atoms with Crippen molar-refractivity contribution in [3.8, 4) is 0 Å². The first-order valence-electron chi connectivity index (χ1n) is 5.60. The Morgan fingerprint density at radius 3 is 2.87 bits per heavy atom. The first kappa shape index (κ1) is 10.4. The van der Waals surface area contributed by atoms with E-state index >= 15 is 0 Å². The predicted octanol–water partition coefficient (Wildman–Crippen LogP) is 0.839. The molecule has 1 aromatic heterocycles. The zero-order valence-electron chi connectivity index (χ0n) is 9.24. The summed E-state index contributed by atoms with van der Waals surface area (Å²) < 4.78 is 0. The van der Waals surface area contributed by atoms with Crippen LogP contribution in [-0.2, 0) is 6.42 Å². The van der Waals surface area contributed by atoms with Crippen molar-refractivity contribution >= 4 is 5.82 Å². The minimum atomic E-state index is 0.969. The lowest BCUT2D eigenvalue weighted by atomic mass is 10.3. The van der Waals surface area contributed by atoms with Crippen molar-refractivity contribution in [2.24, 2.45) is 0 Å². The van der Waals surface area contributed by atoms with E-state index in [1.807, 2.05) is 7.05 Å². The Balaban J connectivity index is 2.04. The topological polar surface area (TPSA) is 41.0 Å². The van der Waals surface area contributed by atoms with Crippen LogP contribution in [0.5, 0.6) is 0 Å². The highest BCUT2D eigenvalue weighted by atomic mass is 15.2. The first-order chi connectivity index (χ1) is 7.40. The minimum absolute atomic E-state index is 0.969. The van der Waals surface area contributed by atoms with E-state index in [0.29, 0.717) is 0 Å². The van der Waals surface area contributed by atoms with Gasteiger partial charge in [0.1, 0.15) is 12.1 Å². The van der Waals surface area contributed by atoms with Crippen molar-refractivity contribution in [3.05, 3.63) is 18.1 Å². The lowest BCUT2D eigenvalue weighted by molar-refractivity contribution is 0.771. The summed E-state index contributed by atoms with van der Waals surface area (Å²) in [7, 11) is 1.96. The van der Waals surface area contributed by atoms with E-state index in [0.717, 1.165) is 37.6 Å². The normalized spacial score (nSPS) is 15.9. The maximum absolute atomic E-state index is 4.32. The molecule has 0 saturated carbocycles. The van der Waals surface area contributed by atoms with Crippen LogP contribution in [0, 0.1) is 0 Å². The molecule has 0 spiro atoms. The highest BCUT2D eigenvalue weighted by Gasteiger charge is 2.13. The summed E-state index contributed by atoms with van der Waals surface area (Å²) >= 11 is 0. The number of rotatable bonds is 4. The van der Waals surface area contributed by atoms with Crippen molar-refractivity contribution in [3.63, 3.8) is 0 Å². The summed E-state index contributed by atoms with van der Waals surface area (Å²) in [5.41, 5.74) is 1.13. The Hall–Kier alpha value is -1.16. The number of nitrogens with one attached hydrogen (secondary N) is 1. The molecule has 4 nitrogen and oxygen atoms in total. The zero-order valence-corrected chi connectivity index (χ0v) is 9.24. The Bertz CT molecular complexity index is 307. The molecule has 2 rings (SSSR count). The van der Waals surface area contributed by atoms with Crippen LogP contribution >= 0.6 is 0 Å². The van der Waals surface area contributed by atoms with Gasteiger partial charge in [-0.1, -0.05) is 0 Å². The molecule has 0 aromatic carbocycles. The molecule has 1 fully saturated rings. The molecule has 1 saturated heterocycles. The van der Waals surface area contributed by atoms with E-state index in [2.05, 4.69) is 26.3 Å². The van der Waals surface area contributed by atoms with Crippen LogP contribution in [0.4, 0.5) is 5.82 Å². The number of nitrogens with zero attached hydrogens (tertiary/aromatic N) is 3. The molecule has 4 heteroatoms. The molecule has 0 aliphatic carbocycles. The smallest absolute Gasteiger partial charge is 0.132 e. The van der Waals surface area contributed by atoms with Crippen LogP contribution < -0.4 is 10.2 Å². The number of likely N-dealkylation sites (N-methyl/N-ethyl adjacent to an activating group) is 1. The van der Waals surface area contributed by atoms with Crippen LogP contribution in [0.15, 0.2) is 12.4 Å². The van der Waals surface area contributed by atoms with Gasteiger partial charge in [-0.3, -0.25) is 0 Å². The van der Waals surface area contributed by atoms with Crippen LogP contribution in [0.3, 0.4) is 0 Å². The second-order valence-corrected chi connectivity index (χ2v) is 3.92. The van der Waals surface area contributed by atoms with Crippen molar-refractivity contribution in [1.82, 2.24) is 15.3 Å². The molecule has 0 radical (unpaired) electrons. The van der Waals surface area contributed by atoms with Crippen LogP contribution in [0.2, 0.25) is 0 Å². The highest BCUT2D eigenvalue weighted by Crippen LogP contribution is 2.17. The average molecular weight is 206 g/mol. The second-order valence-electron chi connectivity index (χ2n) is 3.92. The van der Waals surface area contributed by atoms with E-state index in [1.54, 1.807) is 6.33 Å². The van der Waals surface area contributed by atoms with E-state index < -0.39 is 0 Å². The molecular formula is C11H18N4. The summed E-state index contributed by atoms with van der Waals surface area (Å²) in [6, 6.07) is 2.11. The Morgan fingerprint density at radius 1 is 1.33 bits per heavy atom. The maximum Gasteiger partial charge on any atom is 0.132 e. The molecule has 0 amide bonds. The van der Waals surface area contributed by atoms with E-state index in [9.17, 15) is 0 Å². The minimum Gasteiger partial charge on any atom is -0.357 e. The molecule has 1 aliphatic rings. The van der Waals surface area contributed by atoms with Gasteiger partial charge in [-0.25, -0.2) is 9.97 Å². The van der Waals surface area contributed by atoms with Crippen molar-refractivity contribution < 1.29 is 0 Å². The third-order valence-corrected chi connectivity index (χ3v) is 2.77. The molecule has 1 aliphatic heterocycles. The number of aromatic nitrogens is 2. The van der Waals surface area contributed by atoms with Gasteiger partial charge in [-0.15, -0.1) is 0 Å². The van der Waals surface area contributed by atoms with Gasteiger partial charge in [-0.2, -0.15) is 0 Å². The average Bonchev–Trinajstić information content (AvgIpc) is 2.80. The quantitative estimate of drug-likeness (QED) is 0.792. The molecule has 0 atom stereocenters. The first-order valence-corrected chi connectivity index (χ1v) is 5.60. The number of hydrogen-bond acceptors (Lipinski definition) is 4. The molecular weight excluding hydrogens is 188 g/mol. The number of anilines is 1. The molecule has 0 bridgehead atoms. The highest BCUT2D eigenvalue weighted by molar-refractivity contribution is 5.39. The summed E-state index contributed by atoms with van der Waals surface area (Å²) in [6.45, 7) is 3.25. The summed E-state index contributed by atoms with van der Waals surface area (Å²) in [4.78, 5) is 10.9. The van der Waals surface area contributed by atoms with Crippen molar-refractivity contribution in [1.29, 1.82) is 0 Å². The Morgan fingerprint density at radius 2 is 2.13 bits per heavy atom. The molecule has 2 heterocycles. The lowest BCUT2D eigenvalue weighted by Gasteiger charge is -2.16. The zero-order chi connectivity index (χ0) is 10.5. The predicted molar refractivity (Wildman–Crippen MR) is 61.1 cm³/mol. The van der Waals surface area contributed by atoms with E-state index in [-0.39, 0.29) is 0 Å². The third-order valence-electron chi connectivity index (χ3n) is 2.77. The van der Waals surface area contributed by atoms with Gasteiger partial charge >= 0.3 is 0 Å².